The van der Waals surface area contributed by atoms with Gasteiger partial charge in [-0.15, -0.1) is 0 Å². The van der Waals surface area contributed by atoms with Crippen molar-refractivity contribution in [2.75, 3.05) is 0 Å². The quantitative estimate of drug-likeness (QED) is 0.159. The fraction of sp³-hybridized carbons (Fsp3) is 0.281. The largest absolute Gasteiger partial charge is 0.489 e. The van der Waals surface area contributed by atoms with E-state index in [-0.39, 0.29) is 0 Å². The summed E-state index contributed by atoms with van der Waals surface area (Å²) in [6.45, 7) is 6.79. The first-order chi connectivity index (χ1) is 18.9. The maximum atomic E-state index is 11.9. The van der Waals surface area contributed by atoms with Gasteiger partial charge in [0, 0.05) is 11.8 Å². The van der Waals surface area contributed by atoms with E-state index in [1.807, 2.05) is 65.5 Å². The summed E-state index contributed by atoms with van der Waals surface area (Å²) in [6.07, 6.45) is 5.13. The van der Waals surface area contributed by atoms with E-state index in [4.69, 9.17) is 9.57 Å². The van der Waals surface area contributed by atoms with E-state index in [0.29, 0.717) is 37.0 Å². The lowest BCUT2D eigenvalue weighted by molar-refractivity contribution is -0.139. The number of oxime groups is 1. The van der Waals surface area contributed by atoms with E-state index in [0.717, 1.165) is 28.8 Å². The van der Waals surface area contributed by atoms with Gasteiger partial charge in [0.15, 0.2) is 0 Å². The predicted octanol–water partition coefficient (Wildman–Crippen LogP) is 6.49. The van der Waals surface area contributed by atoms with Crippen LogP contribution >= 0.6 is 0 Å². The van der Waals surface area contributed by atoms with Crippen molar-refractivity contribution < 1.29 is 19.5 Å². The highest BCUT2D eigenvalue weighted by atomic mass is 16.6. The van der Waals surface area contributed by atoms with E-state index < -0.39 is 11.9 Å². The number of hydrogen-bond acceptors (Lipinski definition) is 5. The van der Waals surface area contributed by atoms with Crippen LogP contribution in [0.3, 0.4) is 0 Å². The molecule has 202 valence electrons. The Hall–Kier alpha value is -4.39. The zero-order chi connectivity index (χ0) is 27.6. The topological polar surface area (TPSA) is 85.9 Å². The molecule has 7 heteroatoms. The molecule has 0 saturated heterocycles. The molecule has 1 N–H and O–H groups in total. The zero-order valence-electron chi connectivity index (χ0n) is 22.7. The smallest absolute Gasteiger partial charge is 0.312 e. The second-order valence-corrected chi connectivity index (χ2v) is 10.1. The lowest BCUT2D eigenvalue weighted by Crippen LogP contribution is -2.24. The molecule has 1 atom stereocenters. The minimum Gasteiger partial charge on any atom is -0.489 e. The van der Waals surface area contributed by atoms with Crippen molar-refractivity contribution in [3.8, 4) is 11.4 Å². The van der Waals surface area contributed by atoms with E-state index in [1.54, 1.807) is 13.1 Å². The van der Waals surface area contributed by atoms with Crippen LogP contribution in [0.5, 0.6) is 5.75 Å². The highest BCUT2D eigenvalue weighted by Gasteiger charge is 2.22. The fourth-order valence-corrected chi connectivity index (χ4v) is 4.22. The second-order valence-electron chi connectivity index (χ2n) is 10.1. The minimum absolute atomic E-state index is 0.292. The number of carboxylic acid groups (broad SMARTS) is 1. The molecule has 0 amide bonds. The van der Waals surface area contributed by atoms with Crippen LogP contribution in [0.15, 0.2) is 96.4 Å². The molecular weight excluding hydrogens is 490 g/mol. The third-order valence-electron chi connectivity index (χ3n) is 6.33. The molecule has 0 bridgehead atoms. The van der Waals surface area contributed by atoms with Crippen LogP contribution in [0.25, 0.3) is 5.69 Å². The Morgan fingerprint density at radius 3 is 2.21 bits per heavy atom. The third-order valence-corrected chi connectivity index (χ3v) is 6.33. The van der Waals surface area contributed by atoms with Crippen molar-refractivity contribution in [3.63, 3.8) is 0 Å². The fourth-order valence-electron chi connectivity index (χ4n) is 4.22. The number of hydrogen-bond donors (Lipinski definition) is 1. The summed E-state index contributed by atoms with van der Waals surface area (Å²) in [5.74, 6) is -0.392. The van der Waals surface area contributed by atoms with Gasteiger partial charge < -0.3 is 14.7 Å². The first kappa shape index (κ1) is 27.6. The van der Waals surface area contributed by atoms with Crippen LogP contribution in [0.4, 0.5) is 0 Å². The lowest BCUT2D eigenvalue weighted by atomic mass is 9.95. The molecule has 0 aliphatic heterocycles. The number of aliphatic carboxylic acids is 1. The van der Waals surface area contributed by atoms with E-state index in [2.05, 4.69) is 48.4 Å². The Morgan fingerprint density at radius 1 is 0.872 bits per heavy atom. The van der Waals surface area contributed by atoms with E-state index >= 15 is 0 Å². The van der Waals surface area contributed by atoms with Gasteiger partial charge >= 0.3 is 5.97 Å². The number of ether oxygens (including phenoxy) is 1. The predicted molar refractivity (Wildman–Crippen MR) is 152 cm³/mol. The Morgan fingerprint density at radius 2 is 1.54 bits per heavy atom. The van der Waals surface area contributed by atoms with Crippen molar-refractivity contribution in [3.05, 3.63) is 114 Å². The third kappa shape index (κ3) is 8.30. The first-order valence-corrected chi connectivity index (χ1v) is 13.1. The summed E-state index contributed by atoms with van der Waals surface area (Å²) in [6, 6.07) is 25.6. The summed E-state index contributed by atoms with van der Waals surface area (Å²) < 4.78 is 7.79. The summed E-state index contributed by atoms with van der Waals surface area (Å²) in [5.41, 5.74) is 5.56. The van der Waals surface area contributed by atoms with Crippen molar-refractivity contribution in [1.29, 1.82) is 0 Å². The first-order valence-electron chi connectivity index (χ1n) is 13.1. The van der Waals surface area contributed by atoms with Gasteiger partial charge in [-0.1, -0.05) is 73.6 Å². The Bertz CT molecular complexity index is 1360. The Balaban J connectivity index is 1.29. The van der Waals surface area contributed by atoms with Gasteiger partial charge in [0.05, 0.1) is 17.6 Å². The lowest BCUT2D eigenvalue weighted by Gasteiger charge is -2.13. The molecule has 0 spiro atoms. The van der Waals surface area contributed by atoms with Gasteiger partial charge in [-0.3, -0.25) is 4.79 Å². The van der Waals surface area contributed by atoms with Crippen molar-refractivity contribution in [2.45, 2.75) is 46.8 Å². The van der Waals surface area contributed by atoms with Crippen molar-refractivity contribution in [2.24, 2.45) is 17.0 Å². The molecule has 0 radical (unpaired) electrons. The van der Waals surface area contributed by atoms with Gasteiger partial charge in [0.1, 0.15) is 24.9 Å². The van der Waals surface area contributed by atoms with Gasteiger partial charge in [0.2, 0.25) is 0 Å². The minimum atomic E-state index is -0.938. The molecular formula is C32H35N3O4. The SMILES string of the molecule is CC(=NOCc1ccccc1)C(Cc1ccc(OCc2cnn(-c3ccc(CC(C)C)cc3)c2)cc1)C(=O)O. The number of benzene rings is 3. The number of aromatic nitrogens is 2. The number of carbonyl (C=O) groups is 1. The standard InChI is InChI=1S/C32H35N3O4/c1-23(2)17-25-9-13-29(14-10-25)35-20-28(19-33-35)21-38-30-15-11-26(12-16-30)18-31(32(36)37)24(3)34-39-22-27-7-5-4-6-8-27/h4-16,19-20,23,31H,17-18,21-22H2,1-3H3,(H,36,37). The molecule has 3 aromatic carbocycles. The molecule has 39 heavy (non-hydrogen) atoms. The van der Waals surface area contributed by atoms with Gasteiger partial charge in [0.25, 0.3) is 0 Å². The monoisotopic (exact) mass is 525 g/mol. The zero-order valence-corrected chi connectivity index (χ0v) is 22.7. The molecule has 1 heterocycles. The van der Waals surface area contributed by atoms with Gasteiger partial charge in [-0.2, -0.15) is 5.10 Å². The molecule has 4 rings (SSSR count). The second kappa shape index (κ2) is 13.4. The van der Waals surface area contributed by atoms with Crippen LogP contribution in [0.1, 0.15) is 43.0 Å². The summed E-state index contributed by atoms with van der Waals surface area (Å²) in [5, 5.41) is 18.3. The normalized spacial score (nSPS) is 12.4. The van der Waals surface area contributed by atoms with Crippen molar-refractivity contribution in [1.82, 2.24) is 9.78 Å². The molecule has 0 aliphatic carbocycles. The number of carboxylic acids is 1. The molecule has 7 nitrogen and oxygen atoms in total. The highest BCUT2D eigenvalue weighted by Crippen LogP contribution is 2.19. The molecule has 0 fully saturated rings. The molecule has 4 aromatic rings. The Labute approximate surface area is 229 Å². The summed E-state index contributed by atoms with van der Waals surface area (Å²) in [4.78, 5) is 17.3. The molecule has 0 saturated carbocycles. The van der Waals surface area contributed by atoms with Crippen LogP contribution in [-0.4, -0.2) is 26.6 Å². The van der Waals surface area contributed by atoms with Gasteiger partial charge in [-0.25, -0.2) is 4.68 Å². The molecule has 0 aliphatic rings. The average molecular weight is 526 g/mol. The summed E-state index contributed by atoms with van der Waals surface area (Å²) >= 11 is 0. The molecule has 1 aromatic heterocycles. The number of rotatable bonds is 13. The Kier molecular flexibility index (Phi) is 9.51. The summed E-state index contributed by atoms with van der Waals surface area (Å²) in [7, 11) is 0. The average Bonchev–Trinajstić information content (AvgIpc) is 3.41. The van der Waals surface area contributed by atoms with E-state index in [1.165, 1.54) is 5.56 Å². The van der Waals surface area contributed by atoms with Crippen LogP contribution in [-0.2, 0) is 35.7 Å². The van der Waals surface area contributed by atoms with Crippen LogP contribution in [0.2, 0.25) is 0 Å². The maximum Gasteiger partial charge on any atom is 0.312 e. The van der Waals surface area contributed by atoms with Gasteiger partial charge in [-0.05, 0) is 66.6 Å². The highest BCUT2D eigenvalue weighted by molar-refractivity contribution is 6.00. The molecule has 1 unspecified atom stereocenters. The number of nitrogens with zero attached hydrogens (tertiary/aromatic N) is 3. The maximum absolute atomic E-state index is 11.9. The van der Waals surface area contributed by atoms with Crippen molar-refractivity contribution >= 4 is 11.7 Å². The van der Waals surface area contributed by atoms with E-state index in [9.17, 15) is 9.90 Å². The van der Waals surface area contributed by atoms with Crippen LogP contribution in [0, 0.1) is 11.8 Å². The van der Waals surface area contributed by atoms with Crippen LogP contribution < -0.4 is 4.74 Å².